The Kier molecular flexibility index (Phi) is 5.16. The lowest BCUT2D eigenvalue weighted by Crippen LogP contribution is -2.13. The zero-order valence-corrected chi connectivity index (χ0v) is 10.6. The lowest BCUT2D eigenvalue weighted by atomic mass is 9.88. The van der Waals surface area contributed by atoms with E-state index in [0.29, 0.717) is 18.1 Å². The summed E-state index contributed by atoms with van der Waals surface area (Å²) < 4.78 is 5.20. The van der Waals surface area contributed by atoms with Crippen molar-refractivity contribution in [1.82, 2.24) is 0 Å². The van der Waals surface area contributed by atoms with Gasteiger partial charge in [0.2, 0.25) is 0 Å². The molecule has 0 fully saturated rings. The van der Waals surface area contributed by atoms with Crippen molar-refractivity contribution >= 4 is 5.97 Å². The van der Waals surface area contributed by atoms with Gasteiger partial charge in [-0.3, -0.25) is 0 Å². The summed E-state index contributed by atoms with van der Waals surface area (Å²) in [6.45, 7) is 4.82. The molecule has 3 nitrogen and oxygen atoms in total. The molecule has 0 heterocycles. The lowest BCUT2D eigenvalue weighted by Gasteiger charge is -2.20. The Morgan fingerprint density at radius 3 is 2.53 bits per heavy atom. The average Bonchev–Trinajstić information content (AvgIpc) is 2.28. The first kappa shape index (κ1) is 13.7. The van der Waals surface area contributed by atoms with Crippen LogP contribution < -0.4 is 0 Å². The highest BCUT2D eigenvalue weighted by molar-refractivity contribution is 5.89. The predicted molar refractivity (Wildman–Crippen MR) is 67.5 cm³/mol. The van der Waals surface area contributed by atoms with Crippen molar-refractivity contribution in [3.05, 3.63) is 35.4 Å². The van der Waals surface area contributed by atoms with Crippen LogP contribution in [0.2, 0.25) is 0 Å². The monoisotopic (exact) mass is 236 g/mol. The Labute approximate surface area is 102 Å². The van der Waals surface area contributed by atoms with E-state index in [1.807, 2.05) is 12.1 Å². The highest BCUT2D eigenvalue weighted by atomic mass is 16.5. The van der Waals surface area contributed by atoms with Gasteiger partial charge in [-0.15, -0.1) is 0 Å². The van der Waals surface area contributed by atoms with Crippen LogP contribution in [0.1, 0.15) is 42.1 Å². The van der Waals surface area contributed by atoms with E-state index in [4.69, 9.17) is 4.74 Å². The molecule has 0 aromatic heterocycles. The molecule has 3 heteroatoms. The molecule has 1 rings (SSSR count). The van der Waals surface area contributed by atoms with E-state index in [9.17, 15) is 9.90 Å². The Morgan fingerprint density at radius 2 is 2.00 bits per heavy atom. The molecule has 1 aromatic carbocycles. The van der Waals surface area contributed by atoms with Gasteiger partial charge in [0.1, 0.15) is 0 Å². The predicted octanol–water partition coefficient (Wildman–Crippen LogP) is 3.16. The molecule has 1 atom stereocenters. The lowest BCUT2D eigenvalue weighted by molar-refractivity contribution is 0.0693. The molecule has 0 aliphatic carbocycles. The number of carbonyl (C=O) groups is 1. The summed E-state index contributed by atoms with van der Waals surface area (Å²) >= 11 is 0. The van der Waals surface area contributed by atoms with Crippen molar-refractivity contribution in [3.63, 3.8) is 0 Å². The minimum Gasteiger partial charge on any atom is -0.478 e. The first-order valence-corrected chi connectivity index (χ1v) is 5.87. The van der Waals surface area contributed by atoms with Crippen molar-refractivity contribution in [2.24, 2.45) is 5.92 Å². The van der Waals surface area contributed by atoms with E-state index < -0.39 is 5.97 Å². The summed E-state index contributed by atoms with van der Waals surface area (Å²) in [6, 6.07) is 7.17. The molecule has 1 aromatic rings. The topological polar surface area (TPSA) is 46.5 Å². The van der Waals surface area contributed by atoms with Crippen LogP contribution in [-0.4, -0.2) is 24.8 Å². The van der Waals surface area contributed by atoms with Crippen molar-refractivity contribution in [1.29, 1.82) is 0 Å². The smallest absolute Gasteiger partial charge is 0.335 e. The van der Waals surface area contributed by atoms with E-state index in [0.717, 1.165) is 12.0 Å². The van der Waals surface area contributed by atoms with Crippen LogP contribution in [0, 0.1) is 5.92 Å². The first-order valence-electron chi connectivity index (χ1n) is 5.87. The number of ether oxygens (including phenoxy) is 1. The minimum absolute atomic E-state index is 0.146. The molecular weight excluding hydrogens is 216 g/mol. The van der Waals surface area contributed by atoms with Crippen LogP contribution in [0.25, 0.3) is 0 Å². The minimum atomic E-state index is -0.870. The SMILES string of the molecule is COCC(CC(C)C)c1ccccc1C(=O)O. The van der Waals surface area contributed by atoms with E-state index in [-0.39, 0.29) is 5.92 Å². The molecular formula is C14H20O3. The van der Waals surface area contributed by atoms with E-state index >= 15 is 0 Å². The maximum Gasteiger partial charge on any atom is 0.335 e. The molecule has 0 aliphatic rings. The Morgan fingerprint density at radius 1 is 1.35 bits per heavy atom. The van der Waals surface area contributed by atoms with Gasteiger partial charge in [-0.25, -0.2) is 4.79 Å². The molecule has 1 N–H and O–H groups in total. The molecule has 17 heavy (non-hydrogen) atoms. The van der Waals surface area contributed by atoms with Gasteiger partial charge in [0.15, 0.2) is 0 Å². The molecule has 0 spiro atoms. The van der Waals surface area contributed by atoms with Gasteiger partial charge in [0.05, 0.1) is 12.2 Å². The maximum absolute atomic E-state index is 11.2. The van der Waals surface area contributed by atoms with Crippen molar-refractivity contribution in [2.75, 3.05) is 13.7 Å². The van der Waals surface area contributed by atoms with Gasteiger partial charge in [0, 0.05) is 13.0 Å². The molecule has 0 amide bonds. The van der Waals surface area contributed by atoms with Crippen molar-refractivity contribution in [3.8, 4) is 0 Å². The second kappa shape index (κ2) is 6.40. The molecule has 0 radical (unpaired) electrons. The van der Waals surface area contributed by atoms with Crippen LogP contribution in [0.5, 0.6) is 0 Å². The van der Waals surface area contributed by atoms with E-state index in [1.165, 1.54) is 0 Å². The number of carboxylic acids is 1. The zero-order valence-electron chi connectivity index (χ0n) is 10.6. The summed E-state index contributed by atoms with van der Waals surface area (Å²) in [6.07, 6.45) is 0.929. The standard InChI is InChI=1S/C14H20O3/c1-10(2)8-11(9-17-3)12-6-4-5-7-13(12)14(15)16/h4-7,10-11H,8-9H2,1-3H3,(H,15,16). The number of hydrogen-bond acceptors (Lipinski definition) is 2. The number of rotatable bonds is 6. The Hall–Kier alpha value is -1.35. The third-order valence-electron chi connectivity index (χ3n) is 2.75. The number of carboxylic acid groups (broad SMARTS) is 1. The Bertz CT molecular complexity index is 371. The quantitative estimate of drug-likeness (QED) is 0.825. The summed E-state index contributed by atoms with van der Waals surface area (Å²) in [5.41, 5.74) is 1.26. The Balaban J connectivity index is 3.04. The van der Waals surface area contributed by atoms with Crippen LogP contribution in [0.15, 0.2) is 24.3 Å². The normalized spacial score (nSPS) is 12.7. The number of aromatic carboxylic acids is 1. The van der Waals surface area contributed by atoms with E-state index in [2.05, 4.69) is 13.8 Å². The molecule has 94 valence electrons. The van der Waals surface area contributed by atoms with Crippen LogP contribution in [-0.2, 0) is 4.74 Å². The van der Waals surface area contributed by atoms with Gasteiger partial charge in [-0.1, -0.05) is 32.0 Å². The van der Waals surface area contributed by atoms with Crippen LogP contribution >= 0.6 is 0 Å². The van der Waals surface area contributed by atoms with Crippen molar-refractivity contribution < 1.29 is 14.6 Å². The maximum atomic E-state index is 11.2. The van der Waals surface area contributed by atoms with Crippen LogP contribution in [0.4, 0.5) is 0 Å². The highest BCUT2D eigenvalue weighted by Gasteiger charge is 2.19. The number of hydrogen-bond donors (Lipinski definition) is 1. The molecule has 0 bridgehead atoms. The van der Waals surface area contributed by atoms with Gasteiger partial charge in [-0.05, 0) is 24.0 Å². The summed E-state index contributed by atoms with van der Waals surface area (Å²) in [5, 5.41) is 9.18. The second-order valence-corrected chi connectivity index (χ2v) is 4.67. The fourth-order valence-electron chi connectivity index (χ4n) is 2.10. The summed E-state index contributed by atoms with van der Waals surface area (Å²) in [5.74, 6) is -0.213. The third-order valence-corrected chi connectivity index (χ3v) is 2.75. The number of benzene rings is 1. The highest BCUT2D eigenvalue weighted by Crippen LogP contribution is 2.27. The molecule has 0 saturated carbocycles. The summed E-state index contributed by atoms with van der Waals surface area (Å²) in [4.78, 5) is 11.2. The second-order valence-electron chi connectivity index (χ2n) is 4.67. The molecule has 1 unspecified atom stereocenters. The molecule has 0 aliphatic heterocycles. The van der Waals surface area contributed by atoms with Crippen LogP contribution in [0.3, 0.4) is 0 Å². The van der Waals surface area contributed by atoms with Gasteiger partial charge in [0.25, 0.3) is 0 Å². The fourth-order valence-corrected chi connectivity index (χ4v) is 2.10. The van der Waals surface area contributed by atoms with Gasteiger partial charge < -0.3 is 9.84 Å². The van der Waals surface area contributed by atoms with Gasteiger partial charge >= 0.3 is 5.97 Å². The largest absolute Gasteiger partial charge is 0.478 e. The first-order chi connectivity index (χ1) is 8.06. The third kappa shape index (κ3) is 3.86. The van der Waals surface area contributed by atoms with Crippen molar-refractivity contribution in [2.45, 2.75) is 26.2 Å². The molecule has 0 saturated heterocycles. The number of methoxy groups -OCH3 is 1. The van der Waals surface area contributed by atoms with Gasteiger partial charge in [-0.2, -0.15) is 0 Å². The van der Waals surface area contributed by atoms with E-state index in [1.54, 1.807) is 19.2 Å². The average molecular weight is 236 g/mol. The summed E-state index contributed by atoms with van der Waals surface area (Å²) in [7, 11) is 1.65. The zero-order chi connectivity index (χ0) is 12.8. The fraction of sp³-hybridized carbons (Fsp3) is 0.500.